The summed E-state index contributed by atoms with van der Waals surface area (Å²) in [6.07, 6.45) is 8.75. The highest BCUT2D eigenvalue weighted by Crippen LogP contribution is 2.25. The van der Waals surface area contributed by atoms with Crippen molar-refractivity contribution in [2.75, 3.05) is 18.6 Å². The minimum Gasteiger partial charge on any atom is -0.494 e. The first-order valence-corrected chi connectivity index (χ1v) is 11.2. The molecule has 0 aromatic heterocycles. The molecule has 2 aromatic rings. The van der Waals surface area contributed by atoms with Gasteiger partial charge in [0.25, 0.3) is 11.8 Å². The summed E-state index contributed by atoms with van der Waals surface area (Å²) < 4.78 is 5.79. The molecule has 0 radical (unpaired) electrons. The molecule has 0 atom stereocenters. The van der Waals surface area contributed by atoms with Gasteiger partial charge < -0.3 is 4.74 Å². The lowest BCUT2D eigenvalue weighted by molar-refractivity contribution is -0.128. The highest BCUT2D eigenvalue weighted by atomic mass is 16.5. The third-order valence-electron chi connectivity index (χ3n) is 5.42. The average molecular weight is 435 g/mol. The Labute approximate surface area is 189 Å². The van der Waals surface area contributed by atoms with E-state index in [0.717, 1.165) is 22.0 Å². The predicted octanol–water partition coefficient (Wildman–Crippen LogP) is 5.43. The fourth-order valence-corrected chi connectivity index (χ4v) is 3.54. The molecule has 0 saturated carbocycles. The van der Waals surface area contributed by atoms with Gasteiger partial charge >= 0.3 is 6.03 Å². The van der Waals surface area contributed by atoms with Crippen molar-refractivity contribution in [3.05, 3.63) is 65.7 Å². The van der Waals surface area contributed by atoms with Crippen LogP contribution in [0.1, 0.15) is 51.0 Å². The van der Waals surface area contributed by atoms with Crippen molar-refractivity contribution < 1.29 is 19.1 Å². The monoisotopic (exact) mass is 434 g/mol. The standard InChI is InChI=1S/C26H30N2O4/c1-3-4-5-6-7-11-18-32-22-16-14-20(15-17-22)19-23-24(29)27(2)26(31)28(25(23)30)21-12-9-8-10-13-21/h8-10,12-17,19H,3-7,11,18H2,1-2H3/b23-19+. The van der Waals surface area contributed by atoms with Crippen molar-refractivity contribution in [2.45, 2.75) is 45.4 Å². The molecule has 6 heteroatoms. The normalized spacial score (nSPS) is 15.6. The van der Waals surface area contributed by atoms with Crippen LogP contribution in [0.15, 0.2) is 60.2 Å². The van der Waals surface area contributed by atoms with Gasteiger partial charge in [0.15, 0.2) is 0 Å². The summed E-state index contributed by atoms with van der Waals surface area (Å²) in [5.41, 5.74) is 1.05. The van der Waals surface area contributed by atoms with Gasteiger partial charge in [-0.15, -0.1) is 0 Å². The first-order valence-electron chi connectivity index (χ1n) is 11.2. The molecule has 0 aliphatic carbocycles. The maximum Gasteiger partial charge on any atom is 0.338 e. The Bertz CT molecular complexity index is 967. The molecule has 1 heterocycles. The van der Waals surface area contributed by atoms with E-state index >= 15 is 0 Å². The van der Waals surface area contributed by atoms with Crippen molar-refractivity contribution in [3.8, 4) is 5.75 Å². The number of para-hydroxylation sites is 1. The zero-order chi connectivity index (χ0) is 22.9. The highest BCUT2D eigenvalue weighted by Gasteiger charge is 2.40. The lowest BCUT2D eigenvalue weighted by atomic mass is 10.1. The van der Waals surface area contributed by atoms with Crippen molar-refractivity contribution >= 4 is 29.6 Å². The highest BCUT2D eigenvalue weighted by molar-refractivity contribution is 6.39. The van der Waals surface area contributed by atoms with Crippen LogP contribution in [0.2, 0.25) is 0 Å². The molecular formula is C26H30N2O4. The van der Waals surface area contributed by atoms with Gasteiger partial charge in [-0.25, -0.2) is 9.69 Å². The molecule has 0 spiro atoms. The number of urea groups is 1. The Morgan fingerprint density at radius 2 is 1.47 bits per heavy atom. The number of benzene rings is 2. The molecule has 1 aliphatic rings. The number of hydrogen-bond donors (Lipinski definition) is 0. The minimum atomic E-state index is -0.665. The third kappa shape index (κ3) is 5.63. The molecule has 0 N–H and O–H groups in total. The van der Waals surface area contributed by atoms with E-state index in [0.29, 0.717) is 17.9 Å². The molecular weight excluding hydrogens is 404 g/mol. The molecule has 0 unspecified atom stereocenters. The Morgan fingerprint density at radius 3 is 2.16 bits per heavy atom. The van der Waals surface area contributed by atoms with Crippen molar-refractivity contribution in [1.82, 2.24) is 4.90 Å². The van der Waals surface area contributed by atoms with Crippen LogP contribution < -0.4 is 9.64 Å². The maximum absolute atomic E-state index is 13.0. The van der Waals surface area contributed by atoms with Crippen LogP contribution in [0.4, 0.5) is 10.5 Å². The second-order valence-corrected chi connectivity index (χ2v) is 7.87. The van der Waals surface area contributed by atoms with Gasteiger partial charge in [-0.3, -0.25) is 14.5 Å². The second-order valence-electron chi connectivity index (χ2n) is 7.87. The number of unbranched alkanes of at least 4 members (excludes halogenated alkanes) is 5. The van der Waals surface area contributed by atoms with Crippen molar-refractivity contribution in [1.29, 1.82) is 0 Å². The van der Waals surface area contributed by atoms with Gasteiger partial charge in [0.1, 0.15) is 11.3 Å². The van der Waals surface area contributed by atoms with E-state index in [1.807, 2.05) is 12.1 Å². The molecule has 1 fully saturated rings. The van der Waals surface area contributed by atoms with Crippen LogP contribution in [0.25, 0.3) is 6.08 Å². The Morgan fingerprint density at radius 1 is 0.812 bits per heavy atom. The summed E-state index contributed by atoms with van der Waals surface area (Å²) in [6, 6.07) is 15.2. The smallest absolute Gasteiger partial charge is 0.338 e. The maximum atomic E-state index is 13.0. The minimum absolute atomic E-state index is 0.0586. The van der Waals surface area contributed by atoms with E-state index in [1.54, 1.807) is 42.5 Å². The van der Waals surface area contributed by atoms with E-state index in [9.17, 15) is 14.4 Å². The number of ether oxygens (including phenoxy) is 1. The van der Waals surface area contributed by atoms with Gasteiger partial charge in [0.2, 0.25) is 0 Å². The molecule has 4 amide bonds. The van der Waals surface area contributed by atoms with Crippen molar-refractivity contribution in [2.24, 2.45) is 0 Å². The number of amides is 4. The SMILES string of the molecule is CCCCCCCCOc1ccc(/C=C2\C(=O)N(C)C(=O)N(c3ccccc3)C2=O)cc1. The number of hydrogen-bond acceptors (Lipinski definition) is 4. The number of likely N-dealkylation sites (N-methyl/N-ethyl adjacent to an activating group) is 1. The summed E-state index contributed by atoms with van der Waals surface area (Å²) >= 11 is 0. The summed E-state index contributed by atoms with van der Waals surface area (Å²) in [7, 11) is 1.38. The molecule has 6 nitrogen and oxygen atoms in total. The van der Waals surface area contributed by atoms with Crippen LogP contribution in [-0.2, 0) is 9.59 Å². The molecule has 3 rings (SSSR count). The van der Waals surface area contributed by atoms with E-state index in [2.05, 4.69) is 6.92 Å². The average Bonchev–Trinajstić information content (AvgIpc) is 2.81. The Hall–Kier alpha value is -3.41. The zero-order valence-corrected chi connectivity index (χ0v) is 18.8. The first kappa shape index (κ1) is 23.3. The van der Waals surface area contributed by atoms with Gasteiger partial charge in [-0.1, -0.05) is 69.4 Å². The quantitative estimate of drug-likeness (QED) is 0.284. The van der Waals surface area contributed by atoms with Crippen LogP contribution in [0, 0.1) is 0 Å². The lowest BCUT2D eigenvalue weighted by Gasteiger charge is -2.31. The topological polar surface area (TPSA) is 66.9 Å². The number of carbonyl (C=O) groups excluding carboxylic acids is 3. The Kier molecular flexibility index (Phi) is 8.20. The summed E-state index contributed by atoms with van der Waals surface area (Å²) in [5, 5.41) is 0. The summed E-state index contributed by atoms with van der Waals surface area (Å²) in [6.45, 7) is 2.88. The number of rotatable bonds is 10. The molecule has 168 valence electrons. The van der Waals surface area contributed by atoms with Gasteiger partial charge in [-0.2, -0.15) is 0 Å². The van der Waals surface area contributed by atoms with E-state index < -0.39 is 17.8 Å². The molecule has 1 aliphatic heterocycles. The first-order chi connectivity index (χ1) is 15.5. The molecule has 0 bridgehead atoms. The fourth-order valence-electron chi connectivity index (χ4n) is 3.54. The van der Waals surface area contributed by atoms with Gasteiger partial charge in [-0.05, 0) is 42.3 Å². The Balaban J connectivity index is 1.66. The fraction of sp³-hybridized carbons (Fsp3) is 0.346. The molecule has 32 heavy (non-hydrogen) atoms. The number of anilines is 1. The number of carbonyl (C=O) groups is 3. The summed E-state index contributed by atoms with van der Waals surface area (Å²) in [5.74, 6) is -0.497. The van der Waals surface area contributed by atoms with Crippen LogP contribution in [0.3, 0.4) is 0 Å². The predicted molar refractivity (Wildman–Crippen MR) is 125 cm³/mol. The van der Waals surface area contributed by atoms with Crippen LogP contribution >= 0.6 is 0 Å². The zero-order valence-electron chi connectivity index (χ0n) is 18.8. The summed E-state index contributed by atoms with van der Waals surface area (Å²) in [4.78, 5) is 40.2. The van der Waals surface area contributed by atoms with E-state index in [-0.39, 0.29) is 5.57 Å². The lowest BCUT2D eigenvalue weighted by Crippen LogP contribution is -2.55. The molecule has 2 aromatic carbocycles. The number of nitrogens with zero attached hydrogens (tertiary/aromatic N) is 2. The third-order valence-corrected chi connectivity index (χ3v) is 5.42. The second kappa shape index (κ2) is 11.3. The van der Waals surface area contributed by atoms with E-state index in [1.165, 1.54) is 45.2 Å². The van der Waals surface area contributed by atoms with Gasteiger partial charge in [0, 0.05) is 7.05 Å². The van der Waals surface area contributed by atoms with Crippen LogP contribution in [0.5, 0.6) is 5.75 Å². The van der Waals surface area contributed by atoms with Crippen LogP contribution in [-0.4, -0.2) is 36.4 Å². The number of barbiturate groups is 1. The number of imide groups is 2. The van der Waals surface area contributed by atoms with Crippen molar-refractivity contribution in [3.63, 3.8) is 0 Å². The molecule has 1 saturated heterocycles. The van der Waals surface area contributed by atoms with E-state index in [4.69, 9.17) is 4.74 Å². The van der Waals surface area contributed by atoms with Gasteiger partial charge in [0.05, 0.1) is 12.3 Å². The largest absolute Gasteiger partial charge is 0.494 e.